The Balaban J connectivity index is 2.72. The van der Waals surface area contributed by atoms with E-state index in [2.05, 4.69) is 50.7 Å². The van der Waals surface area contributed by atoms with Crippen LogP contribution in [0.5, 0.6) is 5.75 Å². The Morgan fingerprint density at radius 1 is 1.26 bits per heavy atom. The van der Waals surface area contributed by atoms with Gasteiger partial charge in [-0.1, -0.05) is 13.8 Å². The molecule has 0 aliphatic heterocycles. The number of ether oxygens (including phenoxy) is 1. The molecule has 1 N–H and O–H groups in total. The molecule has 2 rings (SSSR count). The summed E-state index contributed by atoms with van der Waals surface area (Å²) in [6, 6.07) is 3.93. The quantitative estimate of drug-likeness (QED) is 0.712. The number of nitrogens with one attached hydrogen (secondary N) is 1. The number of rotatable bonds is 3. The van der Waals surface area contributed by atoms with Gasteiger partial charge in [0.2, 0.25) is 0 Å². The van der Waals surface area contributed by atoms with E-state index < -0.39 is 0 Å². The average Bonchev–Trinajstić information content (AvgIpc) is 2.72. The molecule has 0 saturated heterocycles. The molecule has 0 saturated carbocycles. The van der Waals surface area contributed by atoms with E-state index >= 15 is 0 Å². The summed E-state index contributed by atoms with van der Waals surface area (Å²) in [5.74, 6) is 1.14. The van der Waals surface area contributed by atoms with Crippen LogP contribution in [0.25, 0.3) is 5.69 Å². The first-order valence-corrected chi connectivity index (χ1v) is 7.78. The SMILES string of the molecule is COc1cc(-n2c(C(C)C)c[nH]c2=S)c(Br)cc1Br. The van der Waals surface area contributed by atoms with Crippen LogP contribution in [0.4, 0.5) is 0 Å². The second kappa shape index (κ2) is 5.81. The van der Waals surface area contributed by atoms with Crippen LogP contribution in [0.1, 0.15) is 25.5 Å². The molecular weight excluding hydrogens is 392 g/mol. The van der Waals surface area contributed by atoms with Crippen molar-refractivity contribution in [3.63, 3.8) is 0 Å². The average molecular weight is 406 g/mol. The van der Waals surface area contributed by atoms with Gasteiger partial charge in [0, 0.05) is 22.4 Å². The van der Waals surface area contributed by atoms with Crippen LogP contribution in [0.15, 0.2) is 27.3 Å². The fourth-order valence-electron chi connectivity index (χ4n) is 1.90. The Hall–Kier alpha value is -0.590. The molecule has 0 fully saturated rings. The minimum atomic E-state index is 0.370. The molecule has 1 aromatic carbocycles. The minimum Gasteiger partial charge on any atom is -0.495 e. The van der Waals surface area contributed by atoms with Crippen LogP contribution in [-0.2, 0) is 0 Å². The molecule has 0 atom stereocenters. The first-order valence-electron chi connectivity index (χ1n) is 5.79. The lowest BCUT2D eigenvalue weighted by Gasteiger charge is -2.14. The summed E-state index contributed by atoms with van der Waals surface area (Å²) in [5.41, 5.74) is 2.10. The third kappa shape index (κ3) is 2.80. The molecule has 0 aliphatic rings. The van der Waals surface area contributed by atoms with Crippen LogP contribution in [0.2, 0.25) is 0 Å². The second-order valence-corrected chi connectivity index (χ2v) is 6.54. The number of imidazole rings is 1. The third-order valence-electron chi connectivity index (χ3n) is 2.86. The number of halogens is 2. The van der Waals surface area contributed by atoms with Crippen LogP contribution >= 0.6 is 44.1 Å². The van der Waals surface area contributed by atoms with Gasteiger partial charge in [0.25, 0.3) is 0 Å². The number of benzene rings is 1. The van der Waals surface area contributed by atoms with E-state index in [0.29, 0.717) is 10.7 Å². The van der Waals surface area contributed by atoms with Gasteiger partial charge in [0.05, 0.1) is 17.3 Å². The zero-order chi connectivity index (χ0) is 14.2. The van der Waals surface area contributed by atoms with E-state index in [-0.39, 0.29) is 0 Å². The Kier molecular flexibility index (Phi) is 4.53. The summed E-state index contributed by atoms with van der Waals surface area (Å²) in [7, 11) is 1.65. The van der Waals surface area contributed by atoms with Crippen molar-refractivity contribution in [2.24, 2.45) is 0 Å². The van der Waals surface area contributed by atoms with Crippen molar-refractivity contribution >= 4 is 44.1 Å². The molecular formula is C13H14Br2N2OS. The van der Waals surface area contributed by atoms with Gasteiger partial charge in [0.15, 0.2) is 4.77 Å². The van der Waals surface area contributed by atoms with Crippen molar-refractivity contribution < 1.29 is 4.74 Å². The fraction of sp³-hybridized carbons (Fsp3) is 0.308. The topological polar surface area (TPSA) is 29.9 Å². The van der Waals surface area contributed by atoms with Crippen LogP contribution in [0, 0.1) is 4.77 Å². The first-order chi connectivity index (χ1) is 8.95. The standard InChI is InChI=1S/C13H14Br2N2OS/c1-7(2)11-6-16-13(19)17(11)10-5-12(18-3)9(15)4-8(10)14/h4-7H,1-3H3,(H,16,19). The minimum absolute atomic E-state index is 0.370. The summed E-state index contributed by atoms with van der Waals surface area (Å²) in [4.78, 5) is 3.10. The van der Waals surface area contributed by atoms with E-state index in [1.165, 1.54) is 0 Å². The van der Waals surface area contributed by atoms with Gasteiger partial charge in [-0.05, 0) is 56.1 Å². The lowest BCUT2D eigenvalue weighted by Crippen LogP contribution is -2.03. The molecule has 0 spiro atoms. The molecule has 1 aromatic heterocycles. The molecule has 0 unspecified atom stereocenters. The van der Waals surface area contributed by atoms with Crippen LogP contribution in [0.3, 0.4) is 0 Å². The molecule has 1 heterocycles. The Morgan fingerprint density at radius 3 is 2.53 bits per heavy atom. The molecule has 3 nitrogen and oxygen atoms in total. The number of nitrogens with zero attached hydrogens (tertiary/aromatic N) is 1. The maximum atomic E-state index is 5.38. The number of aromatic amines is 1. The van der Waals surface area contributed by atoms with Crippen LogP contribution < -0.4 is 4.74 Å². The first kappa shape index (κ1) is 14.8. The summed E-state index contributed by atoms with van der Waals surface area (Å²) in [6.07, 6.45) is 1.95. The highest BCUT2D eigenvalue weighted by atomic mass is 79.9. The lowest BCUT2D eigenvalue weighted by atomic mass is 10.1. The summed E-state index contributed by atoms with van der Waals surface area (Å²) >= 11 is 12.4. The Bertz CT molecular complexity index is 661. The highest BCUT2D eigenvalue weighted by Gasteiger charge is 2.14. The maximum Gasteiger partial charge on any atom is 0.182 e. The van der Waals surface area contributed by atoms with Gasteiger partial charge in [-0.25, -0.2) is 0 Å². The van der Waals surface area contributed by atoms with Crippen molar-refractivity contribution in [3.05, 3.63) is 37.7 Å². The highest BCUT2D eigenvalue weighted by Crippen LogP contribution is 2.35. The van der Waals surface area contributed by atoms with E-state index in [1.807, 2.05) is 22.9 Å². The molecule has 102 valence electrons. The molecule has 19 heavy (non-hydrogen) atoms. The zero-order valence-electron chi connectivity index (χ0n) is 10.8. The Labute approximate surface area is 134 Å². The number of H-pyrrole nitrogens is 1. The van der Waals surface area contributed by atoms with Gasteiger partial charge in [-0.3, -0.25) is 4.57 Å². The van der Waals surface area contributed by atoms with Gasteiger partial charge >= 0.3 is 0 Å². The monoisotopic (exact) mass is 404 g/mol. The van der Waals surface area contributed by atoms with E-state index in [4.69, 9.17) is 17.0 Å². The van der Waals surface area contributed by atoms with Gasteiger partial charge in [0.1, 0.15) is 5.75 Å². The molecule has 0 aliphatic carbocycles. The second-order valence-electron chi connectivity index (χ2n) is 4.45. The van der Waals surface area contributed by atoms with Crippen molar-refractivity contribution in [1.82, 2.24) is 9.55 Å². The summed E-state index contributed by atoms with van der Waals surface area (Å²) in [6.45, 7) is 4.27. The normalized spacial score (nSPS) is 11.1. The number of hydrogen-bond acceptors (Lipinski definition) is 2. The van der Waals surface area contributed by atoms with Crippen LogP contribution in [-0.4, -0.2) is 16.7 Å². The third-order valence-corrected chi connectivity index (χ3v) is 4.41. The fourth-order valence-corrected chi connectivity index (χ4v) is 3.50. The number of methoxy groups -OCH3 is 1. The van der Waals surface area contributed by atoms with Crippen molar-refractivity contribution in [2.75, 3.05) is 7.11 Å². The smallest absolute Gasteiger partial charge is 0.182 e. The number of hydrogen-bond donors (Lipinski definition) is 1. The molecule has 0 bridgehead atoms. The number of aromatic nitrogens is 2. The highest BCUT2D eigenvalue weighted by molar-refractivity contribution is 9.11. The predicted molar refractivity (Wildman–Crippen MR) is 87.0 cm³/mol. The zero-order valence-corrected chi connectivity index (χ0v) is 14.8. The van der Waals surface area contributed by atoms with Crippen molar-refractivity contribution in [1.29, 1.82) is 0 Å². The van der Waals surface area contributed by atoms with Crippen molar-refractivity contribution in [2.45, 2.75) is 19.8 Å². The molecule has 0 amide bonds. The molecule has 2 aromatic rings. The summed E-state index contributed by atoms with van der Waals surface area (Å²) in [5, 5.41) is 0. The predicted octanol–water partition coefficient (Wildman–Crippen LogP) is 5.19. The largest absolute Gasteiger partial charge is 0.495 e. The van der Waals surface area contributed by atoms with Gasteiger partial charge < -0.3 is 9.72 Å². The maximum absolute atomic E-state index is 5.38. The van der Waals surface area contributed by atoms with Crippen molar-refractivity contribution in [3.8, 4) is 11.4 Å². The van der Waals surface area contributed by atoms with Gasteiger partial charge in [-0.15, -0.1) is 0 Å². The van der Waals surface area contributed by atoms with Gasteiger partial charge in [-0.2, -0.15) is 0 Å². The van der Waals surface area contributed by atoms with E-state index in [9.17, 15) is 0 Å². The van der Waals surface area contributed by atoms with E-state index in [0.717, 1.165) is 26.1 Å². The lowest BCUT2D eigenvalue weighted by molar-refractivity contribution is 0.412. The van der Waals surface area contributed by atoms with E-state index in [1.54, 1.807) is 7.11 Å². The molecule has 6 heteroatoms. The summed E-state index contributed by atoms with van der Waals surface area (Å²) < 4.78 is 9.91. The molecule has 0 radical (unpaired) electrons. The Morgan fingerprint density at radius 2 is 1.95 bits per heavy atom.